The molecule has 92 valence electrons. The van der Waals surface area contributed by atoms with Crippen molar-refractivity contribution in [2.45, 2.75) is 32.2 Å². The highest BCUT2D eigenvalue weighted by Crippen LogP contribution is 2.20. The number of alkyl halides is 1. The van der Waals surface area contributed by atoms with Crippen LogP contribution in [0, 0.1) is 6.92 Å². The van der Waals surface area contributed by atoms with Crippen molar-refractivity contribution in [3.05, 3.63) is 23.5 Å². The van der Waals surface area contributed by atoms with Gasteiger partial charge < -0.3 is 4.57 Å². The van der Waals surface area contributed by atoms with Crippen molar-refractivity contribution in [2.75, 3.05) is 0 Å². The molecule has 0 amide bonds. The van der Waals surface area contributed by atoms with Crippen LogP contribution in [0.25, 0.3) is 0 Å². The van der Waals surface area contributed by atoms with E-state index in [1.807, 2.05) is 31.7 Å². The normalized spacial score (nSPS) is 12.9. The molecule has 7 heteroatoms. The first kappa shape index (κ1) is 12.0. The van der Waals surface area contributed by atoms with E-state index in [4.69, 9.17) is 11.6 Å². The van der Waals surface area contributed by atoms with Gasteiger partial charge in [0.05, 0.1) is 11.6 Å². The van der Waals surface area contributed by atoms with Crippen molar-refractivity contribution in [3.8, 4) is 0 Å². The van der Waals surface area contributed by atoms with E-state index in [-0.39, 0.29) is 5.38 Å². The largest absolute Gasteiger partial charge is 0.317 e. The molecule has 0 fully saturated rings. The van der Waals surface area contributed by atoms with E-state index in [2.05, 4.69) is 20.5 Å². The number of aromatic nitrogens is 6. The monoisotopic (exact) mass is 254 g/mol. The lowest BCUT2D eigenvalue weighted by Crippen LogP contribution is -2.07. The van der Waals surface area contributed by atoms with Crippen molar-refractivity contribution >= 4 is 11.6 Å². The fourth-order valence-electron chi connectivity index (χ4n) is 1.48. The highest BCUT2D eigenvalue weighted by Gasteiger charge is 2.12. The van der Waals surface area contributed by atoms with E-state index in [0.717, 1.165) is 23.8 Å². The molecular formula is C10H15ClN6. The number of nitrogens with zero attached hydrogens (tertiary/aromatic N) is 6. The maximum absolute atomic E-state index is 6.09. The predicted octanol–water partition coefficient (Wildman–Crippen LogP) is 1.45. The fourth-order valence-corrected chi connectivity index (χ4v) is 1.58. The SMILES string of the molecule is CCC(Cl)c1cn(Cc2nnc(C)n2C)nn1. The molecule has 2 aromatic rings. The first-order valence-electron chi connectivity index (χ1n) is 5.50. The number of aryl methyl sites for hydroxylation is 1. The van der Waals surface area contributed by atoms with Gasteiger partial charge >= 0.3 is 0 Å². The zero-order chi connectivity index (χ0) is 12.4. The third kappa shape index (κ3) is 2.46. The van der Waals surface area contributed by atoms with Gasteiger partial charge in [-0.1, -0.05) is 12.1 Å². The van der Waals surface area contributed by atoms with Crippen LogP contribution in [0.1, 0.15) is 36.1 Å². The first-order valence-corrected chi connectivity index (χ1v) is 5.94. The van der Waals surface area contributed by atoms with Gasteiger partial charge in [-0.05, 0) is 13.3 Å². The topological polar surface area (TPSA) is 61.4 Å². The molecule has 0 spiro atoms. The van der Waals surface area contributed by atoms with Crippen molar-refractivity contribution in [3.63, 3.8) is 0 Å². The summed E-state index contributed by atoms with van der Waals surface area (Å²) in [4.78, 5) is 0. The first-order chi connectivity index (χ1) is 8.11. The van der Waals surface area contributed by atoms with Crippen molar-refractivity contribution < 1.29 is 0 Å². The van der Waals surface area contributed by atoms with Crippen LogP contribution in [0.2, 0.25) is 0 Å². The lowest BCUT2D eigenvalue weighted by Gasteiger charge is -2.01. The maximum Gasteiger partial charge on any atom is 0.154 e. The fraction of sp³-hybridized carbons (Fsp3) is 0.600. The Balaban J connectivity index is 2.14. The molecule has 2 aromatic heterocycles. The van der Waals surface area contributed by atoms with Crippen LogP contribution in [-0.4, -0.2) is 29.8 Å². The summed E-state index contributed by atoms with van der Waals surface area (Å²) in [5.41, 5.74) is 0.799. The molecule has 0 saturated heterocycles. The molecule has 17 heavy (non-hydrogen) atoms. The molecule has 0 aliphatic heterocycles. The van der Waals surface area contributed by atoms with Gasteiger partial charge in [0.2, 0.25) is 0 Å². The maximum atomic E-state index is 6.09. The second-order valence-corrected chi connectivity index (χ2v) is 4.47. The Bertz CT molecular complexity index is 503. The highest BCUT2D eigenvalue weighted by atomic mass is 35.5. The molecule has 2 heterocycles. The predicted molar refractivity (Wildman–Crippen MR) is 63.7 cm³/mol. The summed E-state index contributed by atoms with van der Waals surface area (Å²) >= 11 is 6.09. The smallest absolute Gasteiger partial charge is 0.154 e. The van der Waals surface area contributed by atoms with Gasteiger partial charge in [0.1, 0.15) is 18.1 Å². The van der Waals surface area contributed by atoms with Crippen LogP contribution >= 0.6 is 11.6 Å². The molecule has 6 nitrogen and oxygen atoms in total. The Morgan fingerprint density at radius 2 is 2.12 bits per heavy atom. The summed E-state index contributed by atoms with van der Waals surface area (Å²) in [5, 5.41) is 16.1. The third-order valence-corrected chi connectivity index (χ3v) is 3.25. The Morgan fingerprint density at radius 3 is 2.71 bits per heavy atom. The quantitative estimate of drug-likeness (QED) is 0.775. The van der Waals surface area contributed by atoms with Crippen LogP contribution in [0.15, 0.2) is 6.20 Å². The lowest BCUT2D eigenvalue weighted by atomic mass is 10.3. The molecule has 2 rings (SSSR count). The van der Waals surface area contributed by atoms with Gasteiger partial charge in [-0.3, -0.25) is 0 Å². The zero-order valence-electron chi connectivity index (χ0n) is 10.1. The molecule has 0 bridgehead atoms. The Hall–Kier alpha value is -1.43. The number of halogens is 1. The Labute approximate surface area is 105 Å². The summed E-state index contributed by atoms with van der Waals surface area (Å²) < 4.78 is 3.66. The van der Waals surface area contributed by atoms with Crippen LogP contribution in [0.4, 0.5) is 0 Å². The van der Waals surface area contributed by atoms with Gasteiger partial charge in [0.15, 0.2) is 5.82 Å². The summed E-state index contributed by atoms with van der Waals surface area (Å²) in [5.74, 6) is 1.73. The number of hydrogen-bond donors (Lipinski definition) is 0. The second-order valence-electron chi connectivity index (χ2n) is 3.94. The summed E-state index contributed by atoms with van der Waals surface area (Å²) in [6.45, 7) is 4.48. The van der Waals surface area contributed by atoms with E-state index < -0.39 is 0 Å². The Morgan fingerprint density at radius 1 is 1.35 bits per heavy atom. The van der Waals surface area contributed by atoms with Crippen LogP contribution in [0.5, 0.6) is 0 Å². The molecule has 1 atom stereocenters. The van der Waals surface area contributed by atoms with E-state index in [0.29, 0.717) is 6.54 Å². The van der Waals surface area contributed by atoms with Crippen LogP contribution in [-0.2, 0) is 13.6 Å². The zero-order valence-corrected chi connectivity index (χ0v) is 10.9. The van der Waals surface area contributed by atoms with Gasteiger partial charge in [-0.2, -0.15) is 0 Å². The molecule has 1 unspecified atom stereocenters. The van der Waals surface area contributed by atoms with Crippen molar-refractivity contribution in [2.24, 2.45) is 7.05 Å². The number of rotatable bonds is 4. The average molecular weight is 255 g/mol. The van der Waals surface area contributed by atoms with Gasteiger partial charge in [-0.15, -0.1) is 26.9 Å². The summed E-state index contributed by atoms with van der Waals surface area (Å²) in [6.07, 6.45) is 2.69. The summed E-state index contributed by atoms with van der Waals surface area (Å²) in [7, 11) is 1.93. The molecule has 0 aromatic carbocycles. The highest BCUT2D eigenvalue weighted by molar-refractivity contribution is 6.20. The van der Waals surface area contributed by atoms with Crippen molar-refractivity contribution in [1.82, 2.24) is 29.8 Å². The van der Waals surface area contributed by atoms with Crippen LogP contribution in [0.3, 0.4) is 0 Å². The molecular weight excluding hydrogens is 240 g/mol. The molecule has 0 aliphatic rings. The summed E-state index contributed by atoms with van der Waals surface area (Å²) in [6, 6.07) is 0. The van der Waals surface area contributed by atoms with Gasteiger partial charge in [0.25, 0.3) is 0 Å². The minimum atomic E-state index is -0.0787. The Kier molecular flexibility index (Phi) is 3.42. The molecule has 0 aliphatic carbocycles. The van der Waals surface area contributed by atoms with Gasteiger partial charge in [-0.25, -0.2) is 4.68 Å². The standard InChI is InChI=1S/C10H15ClN6/c1-4-8(11)9-5-17(15-13-9)6-10-14-12-7(2)16(10)3/h5,8H,4,6H2,1-3H3. The molecule has 0 N–H and O–H groups in total. The molecule has 0 saturated carbocycles. The second kappa shape index (κ2) is 4.83. The van der Waals surface area contributed by atoms with Crippen LogP contribution < -0.4 is 0 Å². The number of hydrogen-bond acceptors (Lipinski definition) is 4. The third-order valence-electron chi connectivity index (χ3n) is 2.72. The minimum absolute atomic E-state index is 0.0787. The average Bonchev–Trinajstić information content (AvgIpc) is 2.91. The van der Waals surface area contributed by atoms with E-state index in [1.165, 1.54) is 0 Å². The minimum Gasteiger partial charge on any atom is -0.317 e. The lowest BCUT2D eigenvalue weighted by molar-refractivity contribution is 0.603. The van der Waals surface area contributed by atoms with Crippen molar-refractivity contribution in [1.29, 1.82) is 0 Å². The van der Waals surface area contributed by atoms with E-state index in [9.17, 15) is 0 Å². The molecule has 0 radical (unpaired) electrons. The van der Waals surface area contributed by atoms with Gasteiger partial charge in [0, 0.05) is 7.05 Å². The van der Waals surface area contributed by atoms with E-state index >= 15 is 0 Å². The van der Waals surface area contributed by atoms with E-state index in [1.54, 1.807) is 4.68 Å².